The highest BCUT2D eigenvalue weighted by atomic mass is 16.5. The molecule has 1 aliphatic heterocycles. The van der Waals surface area contributed by atoms with Crippen molar-refractivity contribution in [3.05, 3.63) is 64.1 Å². The fourth-order valence-corrected chi connectivity index (χ4v) is 3.18. The molecule has 2 aromatic rings. The molecular weight excluding hydrogens is 388 g/mol. The number of hydrogen-bond acceptors (Lipinski definition) is 6. The van der Waals surface area contributed by atoms with Crippen molar-refractivity contribution in [2.24, 2.45) is 0 Å². The topological polar surface area (TPSA) is 112 Å². The van der Waals surface area contributed by atoms with E-state index in [1.54, 1.807) is 25.5 Å². The van der Waals surface area contributed by atoms with Crippen molar-refractivity contribution in [1.29, 1.82) is 0 Å². The standard InChI is InChI=1S/C21H24N4O5/c1-4-29-19(26)16-10-22-21(28)23-17(16)12-30-20(27)18-13(2)24-25(14(18)3)11-15-8-6-5-7-9-15/h5-9H,4,10-12H2,1-3H3,(H2,22,23,28). The van der Waals surface area contributed by atoms with Crippen LogP contribution >= 0.6 is 0 Å². The lowest BCUT2D eigenvalue weighted by Gasteiger charge is -2.21. The number of hydrogen-bond donors (Lipinski definition) is 2. The summed E-state index contributed by atoms with van der Waals surface area (Å²) in [6.07, 6.45) is 0. The van der Waals surface area contributed by atoms with E-state index in [9.17, 15) is 14.4 Å². The van der Waals surface area contributed by atoms with Crippen molar-refractivity contribution in [2.75, 3.05) is 19.8 Å². The van der Waals surface area contributed by atoms with Crippen molar-refractivity contribution in [2.45, 2.75) is 27.3 Å². The highest BCUT2D eigenvalue weighted by Crippen LogP contribution is 2.17. The maximum absolute atomic E-state index is 12.7. The Labute approximate surface area is 174 Å². The van der Waals surface area contributed by atoms with Gasteiger partial charge in [0.15, 0.2) is 0 Å². The van der Waals surface area contributed by atoms with Crippen molar-refractivity contribution in [1.82, 2.24) is 20.4 Å². The fraction of sp³-hybridized carbons (Fsp3) is 0.333. The van der Waals surface area contributed by atoms with Gasteiger partial charge in [-0.3, -0.25) is 4.68 Å². The van der Waals surface area contributed by atoms with Gasteiger partial charge in [-0.1, -0.05) is 30.3 Å². The molecule has 0 radical (unpaired) electrons. The van der Waals surface area contributed by atoms with E-state index >= 15 is 0 Å². The number of carbonyl (C=O) groups is 3. The predicted octanol–water partition coefficient (Wildman–Crippen LogP) is 1.84. The molecule has 30 heavy (non-hydrogen) atoms. The fourth-order valence-electron chi connectivity index (χ4n) is 3.18. The van der Waals surface area contributed by atoms with E-state index in [1.807, 2.05) is 30.3 Å². The molecule has 3 rings (SSSR count). The lowest BCUT2D eigenvalue weighted by Crippen LogP contribution is -2.45. The highest BCUT2D eigenvalue weighted by molar-refractivity contribution is 5.94. The van der Waals surface area contributed by atoms with E-state index in [2.05, 4.69) is 15.7 Å². The third-order valence-electron chi connectivity index (χ3n) is 4.68. The second-order valence-electron chi connectivity index (χ2n) is 6.75. The van der Waals surface area contributed by atoms with Gasteiger partial charge in [0.25, 0.3) is 0 Å². The normalized spacial score (nSPS) is 13.5. The third-order valence-corrected chi connectivity index (χ3v) is 4.68. The summed E-state index contributed by atoms with van der Waals surface area (Å²) in [7, 11) is 0. The van der Waals surface area contributed by atoms with Crippen LogP contribution in [0.1, 0.15) is 34.2 Å². The van der Waals surface area contributed by atoms with Crippen LogP contribution < -0.4 is 10.6 Å². The minimum Gasteiger partial charge on any atom is -0.463 e. The number of aromatic nitrogens is 2. The SMILES string of the molecule is CCOC(=O)C1=C(COC(=O)c2c(C)nn(Cc3ccccc3)c2C)NC(=O)NC1. The Morgan fingerprint density at radius 2 is 1.87 bits per heavy atom. The number of esters is 2. The van der Waals surface area contributed by atoms with Crippen LogP contribution in [0.2, 0.25) is 0 Å². The molecule has 0 saturated carbocycles. The Balaban J connectivity index is 1.75. The van der Waals surface area contributed by atoms with Crippen LogP contribution in [0.25, 0.3) is 0 Å². The molecule has 9 nitrogen and oxygen atoms in total. The first-order valence-electron chi connectivity index (χ1n) is 9.59. The van der Waals surface area contributed by atoms with Gasteiger partial charge in [0, 0.05) is 0 Å². The van der Waals surface area contributed by atoms with Gasteiger partial charge in [0.05, 0.1) is 42.4 Å². The minimum absolute atomic E-state index is 0.00458. The summed E-state index contributed by atoms with van der Waals surface area (Å²) in [5, 5.41) is 9.46. The Bertz CT molecular complexity index is 994. The maximum Gasteiger partial charge on any atom is 0.342 e. The molecule has 0 unspecified atom stereocenters. The van der Waals surface area contributed by atoms with Gasteiger partial charge >= 0.3 is 18.0 Å². The number of carbonyl (C=O) groups excluding carboxylic acids is 3. The molecule has 0 bridgehead atoms. The Morgan fingerprint density at radius 3 is 2.57 bits per heavy atom. The van der Waals surface area contributed by atoms with Crippen LogP contribution in [0.3, 0.4) is 0 Å². The lowest BCUT2D eigenvalue weighted by atomic mass is 10.1. The smallest absolute Gasteiger partial charge is 0.342 e. The van der Waals surface area contributed by atoms with Gasteiger partial charge in [-0.2, -0.15) is 5.10 Å². The van der Waals surface area contributed by atoms with Crippen LogP contribution in [0.4, 0.5) is 4.79 Å². The van der Waals surface area contributed by atoms with E-state index in [0.717, 1.165) is 5.56 Å². The minimum atomic E-state index is -0.576. The number of nitrogens with zero attached hydrogens (tertiary/aromatic N) is 2. The molecule has 158 valence electrons. The molecule has 0 aliphatic carbocycles. The first kappa shape index (κ1) is 21.1. The van der Waals surface area contributed by atoms with Gasteiger partial charge in [0.2, 0.25) is 0 Å². The van der Waals surface area contributed by atoms with E-state index in [4.69, 9.17) is 9.47 Å². The zero-order valence-electron chi connectivity index (χ0n) is 17.2. The highest BCUT2D eigenvalue weighted by Gasteiger charge is 2.26. The second kappa shape index (κ2) is 9.25. The number of benzene rings is 1. The summed E-state index contributed by atoms with van der Waals surface area (Å²) >= 11 is 0. The van der Waals surface area contributed by atoms with Crippen LogP contribution in [-0.4, -0.2) is 47.5 Å². The number of nitrogens with one attached hydrogen (secondary N) is 2. The van der Waals surface area contributed by atoms with Crippen LogP contribution in [0.5, 0.6) is 0 Å². The first-order chi connectivity index (χ1) is 14.4. The van der Waals surface area contributed by atoms with Gasteiger partial charge in [-0.15, -0.1) is 0 Å². The molecule has 2 N–H and O–H groups in total. The van der Waals surface area contributed by atoms with Crippen molar-refractivity contribution >= 4 is 18.0 Å². The van der Waals surface area contributed by atoms with E-state index in [0.29, 0.717) is 23.5 Å². The van der Waals surface area contributed by atoms with Crippen LogP contribution in [-0.2, 0) is 20.8 Å². The number of amides is 2. The molecule has 1 aliphatic rings. The zero-order chi connectivity index (χ0) is 21.7. The molecule has 0 spiro atoms. The Kier molecular flexibility index (Phi) is 6.51. The summed E-state index contributed by atoms with van der Waals surface area (Å²) in [6.45, 7) is 5.69. The third kappa shape index (κ3) is 4.68. The number of rotatable bonds is 7. The molecular formula is C21H24N4O5. The zero-order valence-corrected chi connectivity index (χ0v) is 17.2. The molecule has 2 heterocycles. The molecule has 0 fully saturated rings. The first-order valence-corrected chi connectivity index (χ1v) is 9.59. The largest absolute Gasteiger partial charge is 0.463 e. The van der Waals surface area contributed by atoms with Crippen molar-refractivity contribution < 1.29 is 23.9 Å². The number of aryl methyl sites for hydroxylation is 1. The molecule has 0 atom stereocenters. The average molecular weight is 412 g/mol. The van der Waals surface area contributed by atoms with E-state index < -0.39 is 18.0 Å². The summed E-state index contributed by atoms with van der Waals surface area (Å²) < 4.78 is 12.1. The summed E-state index contributed by atoms with van der Waals surface area (Å²) in [5.74, 6) is -1.15. The Hall–Kier alpha value is -3.62. The maximum atomic E-state index is 12.7. The second-order valence-corrected chi connectivity index (χ2v) is 6.75. The van der Waals surface area contributed by atoms with Crippen LogP contribution in [0, 0.1) is 13.8 Å². The van der Waals surface area contributed by atoms with Gasteiger partial charge < -0.3 is 20.1 Å². The molecule has 2 amide bonds. The van der Waals surface area contributed by atoms with Gasteiger partial charge in [0.1, 0.15) is 12.2 Å². The Morgan fingerprint density at radius 1 is 1.13 bits per heavy atom. The van der Waals surface area contributed by atoms with Gasteiger partial charge in [-0.25, -0.2) is 14.4 Å². The predicted molar refractivity (Wildman–Crippen MR) is 108 cm³/mol. The average Bonchev–Trinajstić information content (AvgIpc) is 3.00. The quantitative estimate of drug-likeness (QED) is 0.671. The molecule has 9 heteroatoms. The van der Waals surface area contributed by atoms with Crippen LogP contribution in [0.15, 0.2) is 41.6 Å². The van der Waals surface area contributed by atoms with E-state index in [1.165, 1.54) is 0 Å². The van der Waals surface area contributed by atoms with Gasteiger partial charge in [-0.05, 0) is 26.3 Å². The number of ether oxygens (including phenoxy) is 2. The monoisotopic (exact) mass is 412 g/mol. The molecule has 1 aromatic heterocycles. The summed E-state index contributed by atoms with van der Waals surface area (Å²) in [5.41, 5.74) is 3.07. The number of urea groups is 1. The summed E-state index contributed by atoms with van der Waals surface area (Å²) in [4.78, 5) is 36.5. The van der Waals surface area contributed by atoms with E-state index in [-0.39, 0.29) is 31.0 Å². The van der Waals surface area contributed by atoms with Crippen molar-refractivity contribution in [3.8, 4) is 0 Å². The lowest BCUT2D eigenvalue weighted by molar-refractivity contribution is -0.138. The molecule has 0 saturated heterocycles. The van der Waals surface area contributed by atoms with Crippen molar-refractivity contribution in [3.63, 3.8) is 0 Å². The summed E-state index contributed by atoms with van der Waals surface area (Å²) in [6, 6.07) is 9.32. The molecule has 1 aromatic carbocycles.